The predicted molar refractivity (Wildman–Crippen MR) is 77.7 cm³/mol. The topological polar surface area (TPSA) is 39.8 Å². The van der Waals surface area contributed by atoms with Crippen molar-refractivity contribution < 1.29 is 0 Å². The van der Waals surface area contributed by atoms with E-state index in [-0.39, 0.29) is 0 Å². The lowest BCUT2D eigenvalue weighted by molar-refractivity contribution is 0.474. The number of hydrogen-bond acceptors (Lipinski definition) is 2. The molecule has 2 aromatic rings. The van der Waals surface area contributed by atoms with Gasteiger partial charge in [0.2, 0.25) is 0 Å². The molecule has 0 aliphatic heterocycles. The van der Waals surface area contributed by atoms with Crippen LogP contribution in [0.25, 0.3) is 10.9 Å². The molecule has 3 nitrogen and oxygen atoms in total. The molecule has 0 bridgehead atoms. The van der Waals surface area contributed by atoms with Crippen molar-refractivity contribution in [2.75, 3.05) is 6.54 Å². The summed E-state index contributed by atoms with van der Waals surface area (Å²) in [6.45, 7) is 8.47. The zero-order chi connectivity index (χ0) is 13.0. The van der Waals surface area contributed by atoms with Gasteiger partial charge in [0, 0.05) is 42.3 Å². The van der Waals surface area contributed by atoms with Crippen molar-refractivity contribution in [3.05, 3.63) is 36.0 Å². The number of benzene rings is 1. The Kier molecular flexibility index (Phi) is 4.39. The van der Waals surface area contributed by atoms with Crippen LogP contribution in [0.15, 0.2) is 30.5 Å². The number of para-hydroxylation sites is 1. The van der Waals surface area contributed by atoms with Gasteiger partial charge in [-0.3, -0.25) is 0 Å². The van der Waals surface area contributed by atoms with Crippen LogP contribution in [0.4, 0.5) is 0 Å². The largest absolute Gasteiger partial charge is 0.361 e. The molecule has 0 aliphatic rings. The van der Waals surface area contributed by atoms with E-state index in [9.17, 15) is 0 Å². The van der Waals surface area contributed by atoms with E-state index < -0.39 is 0 Å². The molecule has 0 saturated heterocycles. The molecule has 1 unspecified atom stereocenters. The Hall–Kier alpha value is -1.32. The van der Waals surface area contributed by atoms with E-state index in [0.717, 1.165) is 13.1 Å². The molecule has 0 amide bonds. The van der Waals surface area contributed by atoms with Crippen molar-refractivity contribution in [2.24, 2.45) is 0 Å². The van der Waals surface area contributed by atoms with Crippen molar-refractivity contribution in [1.29, 1.82) is 0 Å². The highest BCUT2D eigenvalue weighted by atomic mass is 15.0. The van der Waals surface area contributed by atoms with Crippen molar-refractivity contribution in [2.45, 2.75) is 39.4 Å². The van der Waals surface area contributed by atoms with E-state index in [1.165, 1.54) is 16.5 Å². The molecule has 1 aromatic heterocycles. The average Bonchev–Trinajstić information content (AvgIpc) is 2.77. The van der Waals surface area contributed by atoms with E-state index in [0.29, 0.717) is 12.1 Å². The number of rotatable bonds is 6. The summed E-state index contributed by atoms with van der Waals surface area (Å²) in [7, 11) is 0. The highest BCUT2D eigenvalue weighted by Gasteiger charge is 2.05. The van der Waals surface area contributed by atoms with Crippen LogP contribution in [0.2, 0.25) is 0 Å². The highest BCUT2D eigenvalue weighted by Crippen LogP contribution is 2.17. The van der Waals surface area contributed by atoms with Crippen LogP contribution in [0, 0.1) is 0 Å². The normalized spacial score (nSPS) is 13.3. The van der Waals surface area contributed by atoms with Crippen LogP contribution in [0.3, 0.4) is 0 Å². The molecule has 98 valence electrons. The van der Waals surface area contributed by atoms with E-state index in [1.807, 2.05) is 0 Å². The van der Waals surface area contributed by atoms with Crippen LogP contribution in [0.1, 0.15) is 26.3 Å². The van der Waals surface area contributed by atoms with Crippen molar-refractivity contribution in [3.63, 3.8) is 0 Å². The molecule has 0 fully saturated rings. The minimum atomic E-state index is 0.473. The van der Waals surface area contributed by atoms with Gasteiger partial charge in [0.15, 0.2) is 0 Å². The number of aromatic nitrogens is 1. The number of hydrogen-bond donors (Lipinski definition) is 3. The Morgan fingerprint density at radius 2 is 1.89 bits per heavy atom. The van der Waals surface area contributed by atoms with Gasteiger partial charge in [-0.05, 0) is 18.6 Å². The third-order valence-corrected chi connectivity index (χ3v) is 3.15. The van der Waals surface area contributed by atoms with Gasteiger partial charge < -0.3 is 15.6 Å². The first-order valence-electron chi connectivity index (χ1n) is 6.68. The summed E-state index contributed by atoms with van der Waals surface area (Å²) in [6, 6.07) is 9.44. The fourth-order valence-electron chi connectivity index (χ4n) is 2.05. The summed E-state index contributed by atoms with van der Waals surface area (Å²) in [5.41, 5.74) is 2.55. The minimum absolute atomic E-state index is 0.473. The predicted octanol–water partition coefficient (Wildman–Crippen LogP) is 2.64. The molecule has 18 heavy (non-hydrogen) atoms. The van der Waals surface area contributed by atoms with Gasteiger partial charge in [-0.2, -0.15) is 0 Å². The first kappa shape index (κ1) is 13.1. The zero-order valence-electron chi connectivity index (χ0n) is 11.5. The quantitative estimate of drug-likeness (QED) is 0.732. The molecule has 0 saturated carbocycles. The summed E-state index contributed by atoms with van der Waals surface area (Å²) in [6.07, 6.45) is 2.10. The Morgan fingerprint density at radius 1 is 1.11 bits per heavy atom. The van der Waals surface area contributed by atoms with E-state index in [1.54, 1.807) is 0 Å². The van der Waals surface area contributed by atoms with Crippen molar-refractivity contribution in [3.8, 4) is 0 Å². The van der Waals surface area contributed by atoms with Crippen LogP contribution in [-0.4, -0.2) is 23.6 Å². The van der Waals surface area contributed by atoms with Crippen molar-refractivity contribution >= 4 is 10.9 Å². The second-order valence-electron chi connectivity index (χ2n) is 5.20. The average molecular weight is 245 g/mol. The Balaban J connectivity index is 1.90. The second-order valence-corrected chi connectivity index (χ2v) is 5.20. The van der Waals surface area contributed by atoms with Crippen LogP contribution >= 0.6 is 0 Å². The van der Waals surface area contributed by atoms with E-state index in [2.05, 4.69) is 66.9 Å². The third kappa shape index (κ3) is 3.34. The SMILES string of the molecule is CC(C)NCC(C)NCc1c[nH]c2ccccc12. The summed E-state index contributed by atoms with van der Waals surface area (Å²) >= 11 is 0. The molecular weight excluding hydrogens is 222 g/mol. The van der Waals surface area contributed by atoms with Gasteiger partial charge >= 0.3 is 0 Å². The molecule has 1 aromatic carbocycles. The highest BCUT2D eigenvalue weighted by molar-refractivity contribution is 5.82. The smallest absolute Gasteiger partial charge is 0.0457 e. The number of aromatic amines is 1. The molecule has 3 N–H and O–H groups in total. The number of H-pyrrole nitrogens is 1. The first-order valence-corrected chi connectivity index (χ1v) is 6.68. The molecule has 1 atom stereocenters. The van der Waals surface area contributed by atoms with Gasteiger partial charge in [0.05, 0.1) is 0 Å². The summed E-state index contributed by atoms with van der Waals surface area (Å²) in [5, 5.41) is 8.31. The number of fused-ring (bicyclic) bond motifs is 1. The Labute approximate surface area is 109 Å². The van der Waals surface area contributed by atoms with Gasteiger partial charge in [-0.1, -0.05) is 32.0 Å². The lowest BCUT2D eigenvalue weighted by atomic mass is 10.1. The van der Waals surface area contributed by atoms with Crippen LogP contribution < -0.4 is 10.6 Å². The summed E-state index contributed by atoms with van der Waals surface area (Å²) in [4.78, 5) is 3.31. The summed E-state index contributed by atoms with van der Waals surface area (Å²) < 4.78 is 0. The van der Waals surface area contributed by atoms with Crippen LogP contribution in [-0.2, 0) is 6.54 Å². The Bertz CT molecular complexity index is 487. The van der Waals surface area contributed by atoms with Gasteiger partial charge in [0.25, 0.3) is 0 Å². The molecule has 3 heteroatoms. The Morgan fingerprint density at radius 3 is 2.67 bits per heavy atom. The lowest BCUT2D eigenvalue weighted by Gasteiger charge is -2.16. The van der Waals surface area contributed by atoms with Gasteiger partial charge in [-0.25, -0.2) is 0 Å². The molecule has 0 spiro atoms. The first-order chi connectivity index (χ1) is 8.66. The minimum Gasteiger partial charge on any atom is -0.361 e. The second kappa shape index (κ2) is 6.03. The maximum atomic E-state index is 3.55. The lowest BCUT2D eigenvalue weighted by Crippen LogP contribution is -2.38. The fourth-order valence-corrected chi connectivity index (χ4v) is 2.05. The maximum absolute atomic E-state index is 3.55. The molecule has 0 aliphatic carbocycles. The molecule has 2 rings (SSSR count). The van der Waals surface area contributed by atoms with Gasteiger partial charge in [-0.15, -0.1) is 0 Å². The monoisotopic (exact) mass is 245 g/mol. The third-order valence-electron chi connectivity index (χ3n) is 3.15. The van der Waals surface area contributed by atoms with E-state index >= 15 is 0 Å². The van der Waals surface area contributed by atoms with Crippen LogP contribution in [0.5, 0.6) is 0 Å². The molecule has 0 radical (unpaired) electrons. The standard InChI is InChI=1S/C15H23N3/c1-11(2)16-8-12(3)17-9-13-10-18-15-7-5-4-6-14(13)15/h4-7,10-12,16-18H,8-9H2,1-3H3. The zero-order valence-corrected chi connectivity index (χ0v) is 11.5. The molecular formula is C15H23N3. The number of nitrogens with one attached hydrogen (secondary N) is 3. The summed E-state index contributed by atoms with van der Waals surface area (Å²) in [5.74, 6) is 0. The van der Waals surface area contributed by atoms with Gasteiger partial charge in [0.1, 0.15) is 0 Å². The van der Waals surface area contributed by atoms with Crippen molar-refractivity contribution in [1.82, 2.24) is 15.6 Å². The molecule has 1 heterocycles. The maximum Gasteiger partial charge on any atom is 0.0457 e. The van der Waals surface area contributed by atoms with E-state index in [4.69, 9.17) is 0 Å². The fraction of sp³-hybridized carbons (Fsp3) is 0.467.